The van der Waals surface area contributed by atoms with E-state index < -0.39 is 5.97 Å². The molecule has 0 aromatic carbocycles. The zero-order valence-electron chi connectivity index (χ0n) is 7.14. The number of carbonyl (C=O) groups is 1. The Bertz CT molecular complexity index is 510. The Morgan fingerprint density at radius 1 is 1.43 bits per heavy atom. The van der Waals surface area contributed by atoms with E-state index in [-0.39, 0.29) is 11.4 Å². The molecule has 0 radical (unpaired) electrons. The Hall–Kier alpha value is -2.17. The minimum atomic E-state index is -1.09. The second-order valence-corrected chi connectivity index (χ2v) is 2.77. The highest BCUT2D eigenvalue weighted by molar-refractivity contribution is 5.96. The number of fused-ring (bicyclic) bond motifs is 1. The van der Waals surface area contributed by atoms with Crippen molar-refractivity contribution in [2.45, 2.75) is 0 Å². The third-order valence-electron chi connectivity index (χ3n) is 1.84. The van der Waals surface area contributed by atoms with E-state index in [9.17, 15) is 4.79 Å². The predicted octanol–water partition coefficient (Wildman–Crippen LogP) is 0.910. The number of hydrogen-bond acceptors (Lipinski definition) is 4. The summed E-state index contributed by atoms with van der Waals surface area (Å²) in [5.41, 5.74) is 6.57. The van der Waals surface area contributed by atoms with Crippen molar-refractivity contribution in [1.29, 1.82) is 0 Å². The standard InChI is InChI=1S/C9H7N3O2/c10-8-5(9(13)14)4-7-6(12-8)2-1-3-11-7/h1-4H,(H2,10,12)(H,13,14). The molecule has 0 amide bonds. The summed E-state index contributed by atoms with van der Waals surface area (Å²) in [7, 11) is 0. The van der Waals surface area contributed by atoms with Gasteiger partial charge in [0.05, 0.1) is 11.0 Å². The third-order valence-corrected chi connectivity index (χ3v) is 1.84. The van der Waals surface area contributed by atoms with Gasteiger partial charge in [0.2, 0.25) is 0 Å². The molecule has 0 saturated heterocycles. The van der Waals surface area contributed by atoms with Crippen molar-refractivity contribution in [2.24, 2.45) is 0 Å². The van der Waals surface area contributed by atoms with Gasteiger partial charge in [-0.05, 0) is 18.2 Å². The summed E-state index contributed by atoms with van der Waals surface area (Å²) in [6, 6.07) is 4.86. The van der Waals surface area contributed by atoms with Crippen LogP contribution in [-0.2, 0) is 0 Å². The van der Waals surface area contributed by atoms with Crippen molar-refractivity contribution >= 4 is 22.8 Å². The molecule has 0 bridgehead atoms. The van der Waals surface area contributed by atoms with Gasteiger partial charge in [0, 0.05) is 6.20 Å². The molecule has 2 aromatic heterocycles. The second kappa shape index (κ2) is 2.95. The van der Waals surface area contributed by atoms with Crippen molar-refractivity contribution in [3.63, 3.8) is 0 Å². The number of rotatable bonds is 1. The summed E-state index contributed by atoms with van der Waals surface area (Å²) in [6.45, 7) is 0. The van der Waals surface area contributed by atoms with Crippen LogP contribution in [0.15, 0.2) is 24.4 Å². The average Bonchev–Trinajstić information content (AvgIpc) is 2.16. The SMILES string of the molecule is Nc1nc2cccnc2cc1C(=O)O. The molecule has 3 N–H and O–H groups in total. The first-order valence-electron chi connectivity index (χ1n) is 3.93. The average molecular weight is 189 g/mol. The van der Waals surface area contributed by atoms with E-state index in [0.29, 0.717) is 11.0 Å². The van der Waals surface area contributed by atoms with Crippen LogP contribution in [0.3, 0.4) is 0 Å². The van der Waals surface area contributed by atoms with Crippen LogP contribution in [0.5, 0.6) is 0 Å². The predicted molar refractivity (Wildman–Crippen MR) is 50.9 cm³/mol. The Kier molecular flexibility index (Phi) is 1.78. The van der Waals surface area contributed by atoms with E-state index in [2.05, 4.69) is 9.97 Å². The van der Waals surface area contributed by atoms with Crippen molar-refractivity contribution in [3.05, 3.63) is 30.0 Å². The first-order chi connectivity index (χ1) is 6.68. The van der Waals surface area contributed by atoms with Gasteiger partial charge in [-0.1, -0.05) is 0 Å². The molecule has 5 nitrogen and oxygen atoms in total. The number of pyridine rings is 2. The quantitative estimate of drug-likeness (QED) is 0.695. The number of aromatic carboxylic acids is 1. The topological polar surface area (TPSA) is 89.1 Å². The molecule has 2 heterocycles. The van der Waals surface area contributed by atoms with E-state index in [1.54, 1.807) is 18.3 Å². The van der Waals surface area contributed by atoms with Crippen LogP contribution in [0.4, 0.5) is 5.82 Å². The summed E-state index contributed by atoms with van der Waals surface area (Å²) in [5.74, 6) is -1.08. The van der Waals surface area contributed by atoms with Crippen LogP contribution in [-0.4, -0.2) is 21.0 Å². The molecule has 70 valence electrons. The third kappa shape index (κ3) is 1.24. The molecule has 0 aliphatic rings. The number of nitrogen functional groups attached to an aromatic ring is 1. The Labute approximate surface area is 79.2 Å². The fourth-order valence-electron chi connectivity index (χ4n) is 1.19. The van der Waals surface area contributed by atoms with Crippen molar-refractivity contribution in [3.8, 4) is 0 Å². The molecular weight excluding hydrogens is 182 g/mol. The highest BCUT2D eigenvalue weighted by Gasteiger charge is 2.10. The maximum Gasteiger partial charge on any atom is 0.339 e. The fourth-order valence-corrected chi connectivity index (χ4v) is 1.19. The minimum absolute atomic E-state index is 0.0120. The van der Waals surface area contributed by atoms with Gasteiger partial charge in [0.15, 0.2) is 0 Å². The number of nitrogens with zero attached hydrogens (tertiary/aromatic N) is 2. The molecule has 0 saturated carbocycles. The summed E-state index contributed by atoms with van der Waals surface area (Å²) >= 11 is 0. The van der Waals surface area contributed by atoms with Gasteiger partial charge in [-0.3, -0.25) is 4.98 Å². The van der Waals surface area contributed by atoms with Gasteiger partial charge in [0.25, 0.3) is 0 Å². The lowest BCUT2D eigenvalue weighted by atomic mass is 10.2. The first-order valence-corrected chi connectivity index (χ1v) is 3.93. The van der Waals surface area contributed by atoms with E-state index in [1.807, 2.05) is 0 Å². The summed E-state index contributed by atoms with van der Waals surface area (Å²) in [5, 5.41) is 8.78. The number of hydrogen-bond donors (Lipinski definition) is 2. The maximum atomic E-state index is 10.7. The van der Waals surface area contributed by atoms with E-state index in [4.69, 9.17) is 10.8 Å². The molecule has 2 aromatic rings. The monoisotopic (exact) mass is 189 g/mol. The molecule has 0 aliphatic heterocycles. The molecule has 14 heavy (non-hydrogen) atoms. The van der Waals surface area contributed by atoms with E-state index in [1.165, 1.54) is 6.07 Å². The molecule has 2 rings (SSSR count). The van der Waals surface area contributed by atoms with E-state index in [0.717, 1.165) is 0 Å². The summed E-state index contributed by atoms with van der Waals surface area (Å²) in [6.07, 6.45) is 1.58. The number of aromatic nitrogens is 2. The number of anilines is 1. The van der Waals surface area contributed by atoms with Crippen LogP contribution in [0.25, 0.3) is 11.0 Å². The van der Waals surface area contributed by atoms with Gasteiger partial charge >= 0.3 is 5.97 Å². The van der Waals surface area contributed by atoms with Gasteiger partial charge in [-0.25, -0.2) is 9.78 Å². The number of carboxylic acid groups (broad SMARTS) is 1. The lowest BCUT2D eigenvalue weighted by Crippen LogP contribution is -2.04. The number of nitrogens with two attached hydrogens (primary N) is 1. The molecule has 5 heteroatoms. The van der Waals surface area contributed by atoms with Crippen LogP contribution in [0.1, 0.15) is 10.4 Å². The Morgan fingerprint density at radius 2 is 2.21 bits per heavy atom. The van der Waals surface area contributed by atoms with Gasteiger partial charge in [-0.15, -0.1) is 0 Å². The highest BCUT2D eigenvalue weighted by Crippen LogP contribution is 2.15. The first kappa shape index (κ1) is 8.43. The smallest absolute Gasteiger partial charge is 0.339 e. The zero-order chi connectivity index (χ0) is 10.1. The maximum absolute atomic E-state index is 10.7. The Balaban J connectivity index is 2.77. The molecule has 0 spiro atoms. The number of carboxylic acids is 1. The van der Waals surface area contributed by atoms with Gasteiger partial charge < -0.3 is 10.8 Å². The summed E-state index contributed by atoms with van der Waals surface area (Å²) < 4.78 is 0. The van der Waals surface area contributed by atoms with Gasteiger partial charge in [0.1, 0.15) is 11.4 Å². The molecule has 0 fully saturated rings. The second-order valence-electron chi connectivity index (χ2n) is 2.77. The van der Waals surface area contributed by atoms with Crippen molar-refractivity contribution in [1.82, 2.24) is 9.97 Å². The normalized spacial score (nSPS) is 10.3. The Morgan fingerprint density at radius 3 is 2.93 bits per heavy atom. The minimum Gasteiger partial charge on any atom is -0.478 e. The largest absolute Gasteiger partial charge is 0.478 e. The van der Waals surface area contributed by atoms with Crippen LogP contribution < -0.4 is 5.73 Å². The van der Waals surface area contributed by atoms with Crippen LogP contribution >= 0.6 is 0 Å². The lowest BCUT2D eigenvalue weighted by molar-refractivity contribution is 0.0698. The van der Waals surface area contributed by atoms with Crippen LogP contribution in [0, 0.1) is 0 Å². The molecule has 0 unspecified atom stereocenters. The van der Waals surface area contributed by atoms with Crippen LogP contribution in [0.2, 0.25) is 0 Å². The highest BCUT2D eigenvalue weighted by atomic mass is 16.4. The summed E-state index contributed by atoms with van der Waals surface area (Å²) in [4.78, 5) is 18.6. The van der Waals surface area contributed by atoms with E-state index >= 15 is 0 Å². The van der Waals surface area contributed by atoms with Crippen molar-refractivity contribution in [2.75, 3.05) is 5.73 Å². The molecule has 0 atom stereocenters. The van der Waals surface area contributed by atoms with Crippen molar-refractivity contribution < 1.29 is 9.90 Å². The van der Waals surface area contributed by atoms with Gasteiger partial charge in [-0.2, -0.15) is 0 Å². The lowest BCUT2D eigenvalue weighted by Gasteiger charge is -2.01. The molecular formula is C9H7N3O2. The zero-order valence-corrected chi connectivity index (χ0v) is 7.14. The molecule has 0 aliphatic carbocycles. The fraction of sp³-hybridized carbons (Fsp3) is 0.